The number of rotatable bonds is 7. The van der Waals surface area contributed by atoms with Gasteiger partial charge in [0.05, 0.1) is 0 Å². The number of ketones is 1. The number of carbonyl (C=O) groups excluding carboxylic acids is 2. The Morgan fingerprint density at radius 2 is 1.82 bits per heavy atom. The summed E-state index contributed by atoms with van der Waals surface area (Å²) >= 11 is 5.97. The summed E-state index contributed by atoms with van der Waals surface area (Å²) in [6.45, 7) is 2.02. The fourth-order valence-corrected chi connectivity index (χ4v) is 2.93. The molecule has 3 aromatic rings. The number of hydrogen-bond donors (Lipinski definition) is 2. The maximum absolute atomic E-state index is 12.4. The predicted molar refractivity (Wildman–Crippen MR) is 111 cm³/mol. The van der Waals surface area contributed by atoms with E-state index >= 15 is 0 Å². The molecule has 0 unspecified atom stereocenters. The molecule has 1 heterocycles. The molecule has 3 rings (SSSR count). The number of benzene rings is 2. The van der Waals surface area contributed by atoms with Crippen LogP contribution in [0.15, 0.2) is 66.9 Å². The van der Waals surface area contributed by atoms with Crippen LogP contribution in [-0.2, 0) is 6.42 Å². The van der Waals surface area contributed by atoms with Crippen molar-refractivity contribution in [1.29, 1.82) is 0 Å². The Bertz CT molecular complexity index is 1000. The van der Waals surface area contributed by atoms with Crippen molar-refractivity contribution in [2.75, 3.05) is 11.9 Å². The van der Waals surface area contributed by atoms with Crippen molar-refractivity contribution in [2.24, 2.45) is 0 Å². The van der Waals surface area contributed by atoms with Crippen molar-refractivity contribution < 1.29 is 9.59 Å². The highest BCUT2D eigenvalue weighted by Gasteiger charge is 2.08. The van der Waals surface area contributed by atoms with Gasteiger partial charge in [0, 0.05) is 34.6 Å². The molecule has 1 amide bonds. The Morgan fingerprint density at radius 1 is 1.00 bits per heavy atom. The Labute approximate surface area is 168 Å². The summed E-state index contributed by atoms with van der Waals surface area (Å²) in [7, 11) is 0. The number of hydrogen-bond acceptors (Lipinski definition) is 4. The molecule has 0 aliphatic heterocycles. The normalized spacial score (nSPS) is 10.4. The van der Waals surface area contributed by atoms with E-state index < -0.39 is 0 Å². The topological polar surface area (TPSA) is 71.1 Å². The molecular weight excluding hydrogens is 374 g/mol. The first-order valence-electron chi connectivity index (χ1n) is 8.88. The lowest BCUT2D eigenvalue weighted by atomic mass is 10.1. The molecule has 5 nitrogen and oxygen atoms in total. The second-order valence-corrected chi connectivity index (χ2v) is 6.76. The third-order valence-electron chi connectivity index (χ3n) is 4.15. The SMILES string of the molecule is CC(=O)c1cccc(Nc2cc(C(=O)NCCc3cccc(Cl)c3)ccn2)c1. The molecular formula is C22H20ClN3O2. The molecule has 0 atom stereocenters. The molecule has 28 heavy (non-hydrogen) atoms. The van der Waals surface area contributed by atoms with Crippen LogP contribution in [0.3, 0.4) is 0 Å². The number of aromatic nitrogens is 1. The van der Waals surface area contributed by atoms with Gasteiger partial charge in [-0.3, -0.25) is 9.59 Å². The zero-order valence-corrected chi connectivity index (χ0v) is 16.2. The summed E-state index contributed by atoms with van der Waals surface area (Å²) in [5.41, 5.74) is 2.92. The van der Waals surface area contributed by atoms with Gasteiger partial charge in [0.1, 0.15) is 5.82 Å². The van der Waals surface area contributed by atoms with Crippen LogP contribution in [0.1, 0.15) is 33.2 Å². The number of pyridine rings is 1. The first-order chi connectivity index (χ1) is 13.5. The van der Waals surface area contributed by atoms with E-state index in [1.54, 1.807) is 36.5 Å². The van der Waals surface area contributed by atoms with Crippen LogP contribution >= 0.6 is 11.6 Å². The Hall–Kier alpha value is -3.18. The van der Waals surface area contributed by atoms with Crippen LogP contribution in [0.25, 0.3) is 0 Å². The lowest BCUT2D eigenvalue weighted by molar-refractivity contribution is 0.0953. The lowest BCUT2D eigenvalue weighted by Crippen LogP contribution is -2.25. The fraction of sp³-hybridized carbons (Fsp3) is 0.136. The Kier molecular flexibility index (Phi) is 6.40. The Morgan fingerprint density at radius 3 is 2.61 bits per heavy atom. The molecule has 6 heteroatoms. The van der Waals surface area contributed by atoms with Gasteiger partial charge in [-0.1, -0.05) is 35.9 Å². The molecule has 1 aromatic heterocycles. The van der Waals surface area contributed by atoms with Crippen LogP contribution in [0.5, 0.6) is 0 Å². The van der Waals surface area contributed by atoms with Gasteiger partial charge < -0.3 is 10.6 Å². The van der Waals surface area contributed by atoms with Gasteiger partial charge in [0.2, 0.25) is 0 Å². The average molecular weight is 394 g/mol. The van der Waals surface area contributed by atoms with Gasteiger partial charge >= 0.3 is 0 Å². The van der Waals surface area contributed by atoms with E-state index in [9.17, 15) is 9.59 Å². The summed E-state index contributed by atoms with van der Waals surface area (Å²) in [4.78, 5) is 28.2. The highest BCUT2D eigenvalue weighted by atomic mass is 35.5. The van der Waals surface area contributed by atoms with Crippen LogP contribution in [0.2, 0.25) is 5.02 Å². The van der Waals surface area contributed by atoms with Gasteiger partial charge in [-0.05, 0) is 55.3 Å². The molecule has 0 saturated carbocycles. The largest absolute Gasteiger partial charge is 0.352 e. The maximum atomic E-state index is 12.4. The fourth-order valence-electron chi connectivity index (χ4n) is 2.72. The zero-order chi connectivity index (χ0) is 19.9. The summed E-state index contributed by atoms with van der Waals surface area (Å²) in [5, 5.41) is 6.71. The van der Waals surface area contributed by atoms with Gasteiger partial charge in [-0.25, -0.2) is 4.98 Å². The highest BCUT2D eigenvalue weighted by molar-refractivity contribution is 6.30. The third kappa shape index (κ3) is 5.41. The van der Waals surface area contributed by atoms with E-state index in [1.165, 1.54) is 6.92 Å². The van der Waals surface area contributed by atoms with Crippen LogP contribution in [0, 0.1) is 0 Å². The first-order valence-corrected chi connectivity index (χ1v) is 9.26. The average Bonchev–Trinajstić information content (AvgIpc) is 2.68. The van der Waals surface area contributed by atoms with Crippen molar-refractivity contribution >= 4 is 34.8 Å². The summed E-state index contributed by atoms with van der Waals surface area (Å²) in [6, 6.07) is 18.0. The van der Waals surface area contributed by atoms with E-state index in [0.29, 0.717) is 34.9 Å². The minimum Gasteiger partial charge on any atom is -0.352 e. The van der Waals surface area contributed by atoms with Gasteiger partial charge in [0.15, 0.2) is 5.78 Å². The minimum atomic E-state index is -0.176. The van der Waals surface area contributed by atoms with Crippen molar-refractivity contribution in [3.63, 3.8) is 0 Å². The quantitative estimate of drug-likeness (QED) is 0.573. The molecule has 2 N–H and O–H groups in total. The van der Waals surface area contributed by atoms with E-state index in [1.807, 2.05) is 30.3 Å². The van der Waals surface area contributed by atoms with Crippen LogP contribution in [-0.4, -0.2) is 23.2 Å². The number of Topliss-reactive ketones (excluding diaryl/α,β-unsaturated/α-hetero) is 1. The minimum absolute atomic E-state index is 0.00978. The summed E-state index contributed by atoms with van der Waals surface area (Å²) in [5.74, 6) is 0.345. The van der Waals surface area contributed by atoms with Crippen molar-refractivity contribution in [3.05, 3.63) is 88.6 Å². The zero-order valence-electron chi connectivity index (χ0n) is 15.4. The summed E-state index contributed by atoms with van der Waals surface area (Å²) < 4.78 is 0. The molecule has 0 aliphatic carbocycles. The molecule has 0 bridgehead atoms. The van der Waals surface area contributed by atoms with Crippen LogP contribution < -0.4 is 10.6 Å². The molecule has 2 aromatic carbocycles. The maximum Gasteiger partial charge on any atom is 0.251 e. The number of halogens is 1. The highest BCUT2D eigenvalue weighted by Crippen LogP contribution is 2.17. The van der Waals surface area contributed by atoms with Crippen molar-refractivity contribution in [2.45, 2.75) is 13.3 Å². The van der Waals surface area contributed by atoms with Crippen molar-refractivity contribution in [3.8, 4) is 0 Å². The number of carbonyl (C=O) groups is 2. The first kappa shape index (κ1) is 19.6. The lowest BCUT2D eigenvalue weighted by Gasteiger charge is -2.09. The number of nitrogens with one attached hydrogen (secondary N) is 2. The van der Waals surface area contributed by atoms with Crippen LogP contribution in [0.4, 0.5) is 11.5 Å². The van der Waals surface area contributed by atoms with Gasteiger partial charge in [-0.2, -0.15) is 0 Å². The smallest absolute Gasteiger partial charge is 0.251 e. The standard InChI is InChI=1S/C22H20ClN3O2/c1-15(27)17-5-3-7-20(13-17)26-21-14-18(9-11-24-21)22(28)25-10-8-16-4-2-6-19(23)12-16/h2-7,9,11-14H,8,10H2,1H3,(H,24,26)(H,25,28). The Balaban J connectivity index is 1.61. The second kappa shape index (κ2) is 9.15. The predicted octanol–water partition coefficient (Wildman–Crippen LogP) is 4.65. The second-order valence-electron chi connectivity index (χ2n) is 6.33. The summed E-state index contributed by atoms with van der Waals surface area (Å²) in [6.07, 6.45) is 2.27. The monoisotopic (exact) mass is 393 g/mol. The molecule has 142 valence electrons. The molecule has 0 saturated heterocycles. The van der Waals surface area contributed by atoms with Crippen molar-refractivity contribution in [1.82, 2.24) is 10.3 Å². The molecule has 0 fully saturated rings. The van der Waals surface area contributed by atoms with E-state index in [2.05, 4.69) is 15.6 Å². The number of anilines is 2. The van der Waals surface area contributed by atoms with E-state index in [-0.39, 0.29) is 11.7 Å². The third-order valence-corrected chi connectivity index (χ3v) is 4.39. The molecule has 0 spiro atoms. The number of nitrogens with zero attached hydrogens (tertiary/aromatic N) is 1. The van der Waals surface area contributed by atoms with Gasteiger partial charge in [0.25, 0.3) is 5.91 Å². The van der Waals surface area contributed by atoms with Gasteiger partial charge in [-0.15, -0.1) is 0 Å². The molecule has 0 radical (unpaired) electrons. The van der Waals surface area contributed by atoms with E-state index in [0.717, 1.165) is 11.3 Å². The molecule has 0 aliphatic rings. The number of amides is 1. The van der Waals surface area contributed by atoms with E-state index in [4.69, 9.17) is 11.6 Å².